The summed E-state index contributed by atoms with van der Waals surface area (Å²) in [6.45, 7) is 7.00. The second kappa shape index (κ2) is 8.20. The van der Waals surface area contributed by atoms with Gasteiger partial charge >= 0.3 is 5.97 Å². The summed E-state index contributed by atoms with van der Waals surface area (Å²) in [5.74, 6) is -0.264. The molecule has 2 aromatic carbocycles. The zero-order valence-corrected chi connectivity index (χ0v) is 17.8. The molecule has 0 aromatic heterocycles. The predicted molar refractivity (Wildman–Crippen MR) is 116 cm³/mol. The number of piperazine rings is 1. The maximum Gasteiger partial charge on any atom is 0.325 e. The third kappa shape index (κ3) is 4.40. The van der Waals surface area contributed by atoms with Gasteiger partial charge in [-0.05, 0) is 50.5 Å². The van der Waals surface area contributed by atoms with Gasteiger partial charge in [-0.2, -0.15) is 0 Å². The average molecular weight is 408 g/mol. The quantitative estimate of drug-likeness (QED) is 0.790. The van der Waals surface area contributed by atoms with Crippen molar-refractivity contribution in [1.29, 1.82) is 0 Å². The van der Waals surface area contributed by atoms with E-state index in [0.29, 0.717) is 19.8 Å². The highest BCUT2D eigenvalue weighted by atomic mass is 16.6. The van der Waals surface area contributed by atoms with E-state index in [4.69, 9.17) is 4.74 Å². The fourth-order valence-corrected chi connectivity index (χ4v) is 4.11. The number of esters is 1. The Balaban J connectivity index is 1.53. The Hall–Kier alpha value is -2.70. The maximum absolute atomic E-state index is 13.2. The Morgan fingerprint density at radius 3 is 2.53 bits per heavy atom. The number of fused-ring (bicyclic) bond motifs is 1. The van der Waals surface area contributed by atoms with E-state index in [2.05, 4.69) is 29.6 Å². The van der Waals surface area contributed by atoms with Crippen LogP contribution in [-0.4, -0.2) is 54.2 Å². The van der Waals surface area contributed by atoms with Gasteiger partial charge in [-0.1, -0.05) is 42.5 Å². The number of hydrogen-bond donors (Lipinski definition) is 1. The van der Waals surface area contributed by atoms with Crippen molar-refractivity contribution in [2.45, 2.75) is 44.9 Å². The van der Waals surface area contributed by atoms with Crippen molar-refractivity contribution in [2.24, 2.45) is 0 Å². The highest BCUT2D eigenvalue weighted by Gasteiger charge is 2.47. The lowest BCUT2D eigenvalue weighted by molar-refractivity contribution is -0.162. The Morgan fingerprint density at radius 2 is 1.80 bits per heavy atom. The molecule has 0 spiro atoms. The third-order valence-electron chi connectivity index (χ3n) is 5.48. The first-order chi connectivity index (χ1) is 14.3. The summed E-state index contributed by atoms with van der Waals surface area (Å²) in [5.41, 5.74) is 2.69. The number of carbonyl (C=O) groups is 2. The molecule has 2 aliphatic heterocycles. The molecule has 1 N–H and O–H groups in total. The summed E-state index contributed by atoms with van der Waals surface area (Å²) in [6.07, 6.45) is 0.811. The molecular formula is C24H29N3O3. The van der Waals surface area contributed by atoms with E-state index in [9.17, 15) is 9.59 Å². The van der Waals surface area contributed by atoms with Crippen LogP contribution in [-0.2, 0) is 20.7 Å². The minimum absolute atomic E-state index is 0.0209. The van der Waals surface area contributed by atoms with Gasteiger partial charge in [0.05, 0.1) is 6.67 Å². The Morgan fingerprint density at radius 1 is 1.07 bits per heavy atom. The van der Waals surface area contributed by atoms with Crippen LogP contribution in [0.1, 0.15) is 31.9 Å². The molecule has 2 aliphatic rings. The first-order valence-electron chi connectivity index (χ1n) is 10.5. The van der Waals surface area contributed by atoms with Crippen LogP contribution in [0.3, 0.4) is 0 Å². The van der Waals surface area contributed by atoms with E-state index in [0.717, 1.165) is 17.7 Å². The standard InChI is InChI=1S/C24H29N3O3/c1-24(2,3)30-23(29)21-15-25-14-20-22(28)26(16-27(20)21)19-11-7-10-18(13-19)12-17-8-5-4-6-9-17/h4-11,13,20-21,25H,12,14-16H2,1-3H3. The fraction of sp³-hybridized carbons (Fsp3) is 0.417. The third-order valence-corrected chi connectivity index (χ3v) is 5.48. The molecule has 4 rings (SSSR count). The summed E-state index contributed by atoms with van der Waals surface area (Å²) in [7, 11) is 0. The van der Waals surface area contributed by atoms with E-state index in [1.165, 1.54) is 5.56 Å². The molecule has 6 heteroatoms. The maximum atomic E-state index is 13.2. The number of anilines is 1. The van der Waals surface area contributed by atoms with Gasteiger partial charge in [0, 0.05) is 18.8 Å². The number of amides is 1. The average Bonchev–Trinajstić information content (AvgIpc) is 3.04. The lowest BCUT2D eigenvalue weighted by Gasteiger charge is -2.35. The van der Waals surface area contributed by atoms with E-state index in [1.807, 2.05) is 56.0 Å². The summed E-state index contributed by atoms with van der Waals surface area (Å²) in [6, 6.07) is 17.6. The van der Waals surface area contributed by atoms with Gasteiger partial charge in [-0.3, -0.25) is 19.4 Å². The molecule has 2 atom stereocenters. The topological polar surface area (TPSA) is 61.9 Å². The van der Waals surface area contributed by atoms with E-state index < -0.39 is 11.6 Å². The monoisotopic (exact) mass is 407 g/mol. The molecule has 0 saturated carbocycles. The molecule has 2 saturated heterocycles. The van der Waals surface area contributed by atoms with Crippen molar-refractivity contribution in [3.05, 3.63) is 65.7 Å². The number of benzene rings is 2. The highest BCUT2D eigenvalue weighted by molar-refractivity contribution is 6.00. The van der Waals surface area contributed by atoms with Crippen LogP contribution >= 0.6 is 0 Å². The van der Waals surface area contributed by atoms with Crippen molar-refractivity contribution >= 4 is 17.6 Å². The van der Waals surface area contributed by atoms with Gasteiger partial charge in [-0.15, -0.1) is 0 Å². The minimum atomic E-state index is -0.556. The van der Waals surface area contributed by atoms with Crippen molar-refractivity contribution in [2.75, 3.05) is 24.7 Å². The molecule has 0 radical (unpaired) electrons. The second-order valence-electron chi connectivity index (χ2n) is 8.98. The van der Waals surface area contributed by atoms with Gasteiger partial charge in [0.1, 0.15) is 17.7 Å². The Bertz CT molecular complexity index is 923. The van der Waals surface area contributed by atoms with Gasteiger partial charge in [0.15, 0.2) is 0 Å². The summed E-state index contributed by atoms with van der Waals surface area (Å²) in [5, 5.41) is 3.23. The first kappa shape index (κ1) is 20.6. The van der Waals surface area contributed by atoms with Crippen LogP contribution in [0.25, 0.3) is 0 Å². The molecule has 2 unspecified atom stereocenters. The second-order valence-corrected chi connectivity index (χ2v) is 8.98. The van der Waals surface area contributed by atoms with E-state index in [1.54, 1.807) is 4.90 Å². The fourth-order valence-electron chi connectivity index (χ4n) is 4.11. The van der Waals surface area contributed by atoms with Crippen LogP contribution in [0.2, 0.25) is 0 Å². The molecule has 6 nitrogen and oxygen atoms in total. The molecule has 30 heavy (non-hydrogen) atoms. The van der Waals surface area contributed by atoms with Crippen LogP contribution < -0.4 is 10.2 Å². The number of nitrogens with zero attached hydrogens (tertiary/aromatic N) is 2. The zero-order valence-electron chi connectivity index (χ0n) is 17.8. The van der Waals surface area contributed by atoms with Crippen LogP contribution in [0.4, 0.5) is 5.69 Å². The minimum Gasteiger partial charge on any atom is -0.459 e. The Kier molecular flexibility index (Phi) is 5.62. The van der Waals surface area contributed by atoms with E-state index in [-0.39, 0.29) is 17.9 Å². The van der Waals surface area contributed by atoms with Crippen molar-refractivity contribution in [3.8, 4) is 0 Å². The highest BCUT2D eigenvalue weighted by Crippen LogP contribution is 2.28. The molecule has 2 aromatic rings. The molecular weight excluding hydrogens is 378 g/mol. The number of carbonyl (C=O) groups excluding carboxylic acids is 2. The van der Waals surface area contributed by atoms with E-state index >= 15 is 0 Å². The molecule has 0 bridgehead atoms. The number of nitrogens with one attached hydrogen (secondary N) is 1. The molecule has 1 amide bonds. The number of hydrogen-bond acceptors (Lipinski definition) is 5. The van der Waals surface area contributed by atoms with Crippen molar-refractivity contribution in [1.82, 2.24) is 10.2 Å². The smallest absolute Gasteiger partial charge is 0.325 e. The lowest BCUT2D eigenvalue weighted by atomic mass is 10.0. The van der Waals surface area contributed by atoms with Crippen LogP contribution in [0.15, 0.2) is 54.6 Å². The summed E-state index contributed by atoms with van der Waals surface area (Å²) < 4.78 is 5.60. The van der Waals surface area contributed by atoms with Crippen molar-refractivity contribution in [3.63, 3.8) is 0 Å². The van der Waals surface area contributed by atoms with Crippen LogP contribution in [0.5, 0.6) is 0 Å². The molecule has 2 heterocycles. The molecule has 0 aliphatic carbocycles. The van der Waals surface area contributed by atoms with Gasteiger partial charge in [0.25, 0.3) is 0 Å². The lowest BCUT2D eigenvalue weighted by Crippen LogP contribution is -2.60. The van der Waals surface area contributed by atoms with Crippen molar-refractivity contribution < 1.29 is 14.3 Å². The van der Waals surface area contributed by atoms with Gasteiger partial charge in [0.2, 0.25) is 5.91 Å². The zero-order chi connectivity index (χ0) is 21.3. The molecule has 2 fully saturated rings. The van der Waals surface area contributed by atoms with Crippen LogP contribution in [0, 0.1) is 0 Å². The number of ether oxygens (including phenoxy) is 1. The van der Waals surface area contributed by atoms with Gasteiger partial charge < -0.3 is 10.1 Å². The predicted octanol–water partition coefficient (Wildman–Crippen LogP) is 2.57. The Labute approximate surface area is 177 Å². The summed E-state index contributed by atoms with van der Waals surface area (Å²) in [4.78, 5) is 29.6. The largest absolute Gasteiger partial charge is 0.459 e. The summed E-state index contributed by atoms with van der Waals surface area (Å²) >= 11 is 0. The van der Waals surface area contributed by atoms with Gasteiger partial charge in [-0.25, -0.2) is 0 Å². The SMILES string of the molecule is CC(C)(C)OC(=O)C1CNCC2C(=O)N(c3cccc(Cc4ccccc4)c3)CN12. The first-order valence-corrected chi connectivity index (χ1v) is 10.5. The number of rotatable bonds is 4. The molecule has 158 valence electrons. The normalized spacial score (nSPS) is 22.1.